The quantitative estimate of drug-likeness (QED) is 0.711. The van der Waals surface area contributed by atoms with Crippen molar-refractivity contribution in [2.45, 2.75) is 50.5 Å². The summed E-state index contributed by atoms with van der Waals surface area (Å²) in [6, 6.07) is 6.92. The number of nitrogens with one attached hydrogen (secondary N) is 2. The molecule has 0 spiro atoms. The third-order valence-electron chi connectivity index (χ3n) is 5.06. The lowest BCUT2D eigenvalue weighted by Gasteiger charge is -2.27. The van der Waals surface area contributed by atoms with Crippen LogP contribution in [0.2, 0.25) is 0 Å². The van der Waals surface area contributed by atoms with E-state index in [0.717, 1.165) is 25.7 Å². The Morgan fingerprint density at radius 1 is 1.12 bits per heavy atom. The van der Waals surface area contributed by atoms with Crippen molar-refractivity contribution in [2.75, 3.05) is 23.3 Å². The molecule has 0 unspecified atom stereocenters. The van der Waals surface area contributed by atoms with Crippen LogP contribution >= 0.6 is 0 Å². The van der Waals surface area contributed by atoms with E-state index >= 15 is 0 Å². The van der Waals surface area contributed by atoms with Gasteiger partial charge in [0.05, 0.1) is 5.60 Å². The Hall–Kier alpha value is -2.41. The first kappa shape index (κ1) is 18.4. The molecule has 2 aliphatic rings. The molecule has 1 heterocycles. The summed E-state index contributed by atoms with van der Waals surface area (Å²) in [6.45, 7) is 0.747. The number of amides is 3. The predicted octanol–water partition coefficient (Wildman–Crippen LogP) is 1.56. The predicted molar refractivity (Wildman–Crippen MR) is 97.7 cm³/mol. The van der Waals surface area contributed by atoms with Crippen LogP contribution in [0.1, 0.15) is 44.9 Å². The zero-order chi connectivity index (χ0) is 18.6. The van der Waals surface area contributed by atoms with Gasteiger partial charge in [-0.2, -0.15) is 0 Å². The van der Waals surface area contributed by atoms with Crippen molar-refractivity contribution in [2.24, 2.45) is 0 Å². The monoisotopic (exact) mass is 359 g/mol. The standard InChI is InChI=1S/C19H25N3O4/c23-16-8-1-4-11-22(16)15-7-5-6-14(12-15)21-18(25)17(24)20-13-19(26)9-2-3-10-19/h5-7,12,26H,1-4,8-11,13H2,(H,20,24)(H,21,25). The van der Waals surface area contributed by atoms with Crippen LogP contribution in [0.3, 0.4) is 0 Å². The number of carbonyl (C=O) groups excluding carboxylic acids is 3. The van der Waals surface area contributed by atoms with Crippen molar-refractivity contribution in [1.29, 1.82) is 0 Å². The number of nitrogens with zero attached hydrogens (tertiary/aromatic N) is 1. The lowest BCUT2D eigenvalue weighted by atomic mass is 10.0. The van der Waals surface area contributed by atoms with Crippen LogP contribution in [0.5, 0.6) is 0 Å². The first-order valence-electron chi connectivity index (χ1n) is 9.19. The Kier molecular flexibility index (Phi) is 5.56. The second kappa shape index (κ2) is 7.86. The molecular weight excluding hydrogens is 334 g/mol. The zero-order valence-electron chi connectivity index (χ0n) is 14.8. The molecule has 1 aliphatic heterocycles. The largest absolute Gasteiger partial charge is 0.388 e. The molecule has 3 N–H and O–H groups in total. The number of hydrogen-bond donors (Lipinski definition) is 3. The minimum Gasteiger partial charge on any atom is -0.388 e. The molecule has 3 rings (SSSR count). The van der Waals surface area contributed by atoms with Gasteiger partial charge in [0, 0.05) is 30.9 Å². The maximum absolute atomic E-state index is 12.1. The molecule has 1 saturated heterocycles. The SMILES string of the molecule is O=C(NCC1(O)CCCC1)C(=O)Nc1cccc(N2CCCCC2=O)c1. The molecule has 0 radical (unpaired) electrons. The second-order valence-corrected chi connectivity index (χ2v) is 7.12. The average molecular weight is 359 g/mol. The van der Waals surface area contributed by atoms with Gasteiger partial charge in [0.25, 0.3) is 0 Å². The Morgan fingerprint density at radius 3 is 2.62 bits per heavy atom. The summed E-state index contributed by atoms with van der Waals surface area (Å²) in [4.78, 5) is 37.8. The van der Waals surface area contributed by atoms with Crippen molar-refractivity contribution >= 4 is 29.1 Å². The lowest BCUT2D eigenvalue weighted by Crippen LogP contribution is -2.44. The fourth-order valence-corrected chi connectivity index (χ4v) is 3.55. The normalized spacial score (nSPS) is 19.3. The summed E-state index contributed by atoms with van der Waals surface area (Å²) < 4.78 is 0. The van der Waals surface area contributed by atoms with Crippen molar-refractivity contribution < 1.29 is 19.5 Å². The molecule has 1 aromatic carbocycles. The minimum absolute atomic E-state index is 0.0716. The van der Waals surface area contributed by atoms with Crippen LogP contribution < -0.4 is 15.5 Å². The van der Waals surface area contributed by atoms with Crippen LogP contribution in [0.4, 0.5) is 11.4 Å². The van der Waals surface area contributed by atoms with Crippen molar-refractivity contribution in [3.05, 3.63) is 24.3 Å². The van der Waals surface area contributed by atoms with E-state index in [0.29, 0.717) is 37.2 Å². The Balaban J connectivity index is 1.57. The van der Waals surface area contributed by atoms with Gasteiger partial charge >= 0.3 is 11.8 Å². The Labute approximate surface area is 152 Å². The fourth-order valence-electron chi connectivity index (χ4n) is 3.55. The molecule has 1 aliphatic carbocycles. The van der Waals surface area contributed by atoms with Gasteiger partial charge in [-0.1, -0.05) is 18.9 Å². The van der Waals surface area contributed by atoms with E-state index in [1.807, 2.05) is 6.07 Å². The zero-order valence-corrected chi connectivity index (χ0v) is 14.8. The molecular formula is C19H25N3O4. The molecule has 0 atom stereocenters. The summed E-state index contributed by atoms with van der Waals surface area (Å²) in [7, 11) is 0. The number of hydrogen-bond acceptors (Lipinski definition) is 4. The van der Waals surface area contributed by atoms with Gasteiger partial charge in [0.1, 0.15) is 0 Å². The van der Waals surface area contributed by atoms with E-state index < -0.39 is 17.4 Å². The lowest BCUT2D eigenvalue weighted by molar-refractivity contribution is -0.136. The molecule has 3 amide bonds. The molecule has 26 heavy (non-hydrogen) atoms. The molecule has 0 bridgehead atoms. The van der Waals surface area contributed by atoms with Crippen LogP contribution in [0, 0.1) is 0 Å². The van der Waals surface area contributed by atoms with Gasteiger partial charge in [-0.15, -0.1) is 0 Å². The van der Waals surface area contributed by atoms with Crippen molar-refractivity contribution in [1.82, 2.24) is 5.32 Å². The number of piperidine rings is 1. The minimum atomic E-state index is -0.898. The molecule has 7 nitrogen and oxygen atoms in total. The van der Waals surface area contributed by atoms with E-state index in [-0.39, 0.29) is 12.5 Å². The Morgan fingerprint density at radius 2 is 1.88 bits per heavy atom. The van der Waals surface area contributed by atoms with E-state index in [9.17, 15) is 19.5 Å². The van der Waals surface area contributed by atoms with Gasteiger partial charge in [-0.3, -0.25) is 14.4 Å². The third kappa shape index (κ3) is 4.40. The number of carbonyl (C=O) groups is 3. The second-order valence-electron chi connectivity index (χ2n) is 7.12. The molecule has 140 valence electrons. The number of rotatable bonds is 4. The summed E-state index contributed by atoms with van der Waals surface area (Å²) >= 11 is 0. The third-order valence-corrected chi connectivity index (χ3v) is 5.06. The van der Waals surface area contributed by atoms with Crippen LogP contribution in [0.15, 0.2) is 24.3 Å². The topological polar surface area (TPSA) is 98.7 Å². The molecule has 0 aromatic heterocycles. The number of anilines is 2. The molecule has 2 fully saturated rings. The van der Waals surface area contributed by atoms with E-state index in [2.05, 4.69) is 10.6 Å². The number of benzene rings is 1. The van der Waals surface area contributed by atoms with Gasteiger partial charge in [-0.05, 0) is 43.9 Å². The van der Waals surface area contributed by atoms with Crippen LogP contribution in [-0.4, -0.2) is 41.5 Å². The average Bonchev–Trinajstić information content (AvgIpc) is 3.07. The van der Waals surface area contributed by atoms with Gasteiger partial charge in [0.15, 0.2) is 0 Å². The summed E-state index contributed by atoms with van der Waals surface area (Å²) in [5.41, 5.74) is 0.276. The highest BCUT2D eigenvalue weighted by molar-refractivity contribution is 6.39. The van der Waals surface area contributed by atoms with Gasteiger partial charge < -0.3 is 20.6 Å². The summed E-state index contributed by atoms with van der Waals surface area (Å²) in [6.07, 6.45) is 5.52. The van der Waals surface area contributed by atoms with Crippen LogP contribution in [0.25, 0.3) is 0 Å². The van der Waals surface area contributed by atoms with Crippen molar-refractivity contribution in [3.63, 3.8) is 0 Å². The maximum atomic E-state index is 12.1. The highest BCUT2D eigenvalue weighted by Gasteiger charge is 2.32. The molecule has 7 heteroatoms. The summed E-state index contributed by atoms with van der Waals surface area (Å²) in [5, 5.41) is 15.3. The van der Waals surface area contributed by atoms with Crippen molar-refractivity contribution in [3.8, 4) is 0 Å². The van der Waals surface area contributed by atoms with Gasteiger partial charge in [0.2, 0.25) is 5.91 Å². The highest BCUT2D eigenvalue weighted by Crippen LogP contribution is 2.28. The summed E-state index contributed by atoms with van der Waals surface area (Å²) in [5.74, 6) is -1.49. The number of aliphatic hydroxyl groups is 1. The smallest absolute Gasteiger partial charge is 0.313 e. The maximum Gasteiger partial charge on any atom is 0.313 e. The Bertz CT molecular complexity index is 698. The van der Waals surface area contributed by atoms with E-state index in [1.54, 1.807) is 23.1 Å². The molecule has 1 aromatic rings. The van der Waals surface area contributed by atoms with E-state index in [1.165, 1.54) is 0 Å². The first-order valence-corrected chi connectivity index (χ1v) is 9.19. The molecule has 1 saturated carbocycles. The highest BCUT2D eigenvalue weighted by atomic mass is 16.3. The fraction of sp³-hybridized carbons (Fsp3) is 0.526. The van der Waals surface area contributed by atoms with Gasteiger partial charge in [-0.25, -0.2) is 0 Å². The van der Waals surface area contributed by atoms with Crippen LogP contribution in [-0.2, 0) is 14.4 Å². The first-order chi connectivity index (χ1) is 12.5. The van der Waals surface area contributed by atoms with E-state index in [4.69, 9.17) is 0 Å².